The molecule has 0 aliphatic carbocycles. The fourth-order valence-corrected chi connectivity index (χ4v) is 1.51. The summed E-state index contributed by atoms with van der Waals surface area (Å²) in [7, 11) is 2.09. The van der Waals surface area contributed by atoms with Gasteiger partial charge in [-0.25, -0.2) is 4.39 Å². The first kappa shape index (κ1) is 10.9. The SMILES string of the molecule is CN(CC1CC(F)CN1)C(C)(C)C. The zero-order chi connectivity index (χ0) is 10.1. The van der Waals surface area contributed by atoms with E-state index in [9.17, 15) is 4.39 Å². The minimum absolute atomic E-state index is 0.177. The second-order valence-electron chi connectivity index (χ2n) is 4.99. The van der Waals surface area contributed by atoms with Crippen LogP contribution in [0.2, 0.25) is 0 Å². The minimum atomic E-state index is -0.640. The maximum atomic E-state index is 12.8. The maximum Gasteiger partial charge on any atom is 0.114 e. The highest BCUT2D eigenvalue weighted by Crippen LogP contribution is 2.15. The molecule has 0 radical (unpaired) electrons. The van der Waals surface area contributed by atoms with Gasteiger partial charge in [-0.2, -0.15) is 0 Å². The summed E-state index contributed by atoms with van der Waals surface area (Å²) in [5.41, 5.74) is 0.177. The van der Waals surface area contributed by atoms with Gasteiger partial charge in [-0.3, -0.25) is 4.90 Å². The molecule has 0 saturated carbocycles. The summed E-state index contributed by atoms with van der Waals surface area (Å²) in [6.07, 6.45) is 0.0267. The van der Waals surface area contributed by atoms with Crippen LogP contribution in [0, 0.1) is 0 Å². The Hall–Kier alpha value is -0.150. The van der Waals surface area contributed by atoms with E-state index >= 15 is 0 Å². The second-order valence-corrected chi connectivity index (χ2v) is 4.99. The number of hydrogen-bond acceptors (Lipinski definition) is 2. The minimum Gasteiger partial charge on any atom is -0.310 e. The molecule has 1 heterocycles. The van der Waals surface area contributed by atoms with Crippen LogP contribution in [0.25, 0.3) is 0 Å². The van der Waals surface area contributed by atoms with E-state index in [2.05, 4.69) is 38.0 Å². The quantitative estimate of drug-likeness (QED) is 0.705. The molecule has 0 bridgehead atoms. The Morgan fingerprint density at radius 2 is 2.08 bits per heavy atom. The van der Waals surface area contributed by atoms with Crippen molar-refractivity contribution in [3.8, 4) is 0 Å². The highest BCUT2D eigenvalue weighted by atomic mass is 19.1. The lowest BCUT2D eigenvalue weighted by atomic mass is 10.1. The van der Waals surface area contributed by atoms with E-state index in [1.165, 1.54) is 0 Å². The van der Waals surface area contributed by atoms with E-state index in [1.807, 2.05) is 0 Å². The molecular weight excluding hydrogens is 167 g/mol. The van der Waals surface area contributed by atoms with Gasteiger partial charge in [-0.15, -0.1) is 0 Å². The van der Waals surface area contributed by atoms with Crippen molar-refractivity contribution in [1.82, 2.24) is 10.2 Å². The van der Waals surface area contributed by atoms with Gasteiger partial charge >= 0.3 is 0 Å². The Labute approximate surface area is 80.5 Å². The molecule has 0 aromatic carbocycles. The second kappa shape index (κ2) is 3.93. The summed E-state index contributed by atoms with van der Waals surface area (Å²) >= 11 is 0. The van der Waals surface area contributed by atoms with Crippen LogP contribution < -0.4 is 5.32 Å². The van der Waals surface area contributed by atoms with Gasteiger partial charge in [0.25, 0.3) is 0 Å². The van der Waals surface area contributed by atoms with Crippen molar-refractivity contribution in [2.24, 2.45) is 0 Å². The van der Waals surface area contributed by atoms with Gasteiger partial charge in [-0.1, -0.05) is 0 Å². The number of halogens is 1. The lowest BCUT2D eigenvalue weighted by Crippen LogP contribution is -2.45. The van der Waals surface area contributed by atoms with Crippen molar-refractivity contribution in [3.05, 3.63) is 0 Å². The lowest BCUT2D eigenvalue weighted by molar-refractivity contribution is 0.160. The van der Waals surface area contributed by atoms with Crippen molar-refractivity contribution in [1.29, 1.82) is 0 Å². The average molecular weight is 188 g/mol. The first-order valence-electron chi connectivity index (χ1n) is 4.98. The first-order valence-corrected chi connectivity index (χ1v) is 4.98. The van der Waals surface area contributed by atoms with Crippen molar-refractivity contribution in [3.63, 3.8) is 0 Å². The molecule has 0 amide bonds. The third kappa shape index (κ3) is 3.24. The first-order chi connectivity index (χ1) is 5.89. The Bertz CT molecular complexity index is 165. The molecule has 3 heteroatoms. The predicted octanol–water partition coefficient (Wildman–Crippen LogP) is 1.42. The van der Waals surface area contributed by atoms with Crippen molar-refractivity contribution in [2.75, 3.05) is 20.1 Å². The topological polar surface area (TPSA) is 15.3 Å². The molecule has 1 saturated heterocycles. The lowest BCUT2D eigenvalue weighted by Gasteiger charge is -2.33. The van der Waals surface area contributed by atoms with Crippen LogP contribution >= 0.6 is 0 Å². The molecule has 2 unspecified atom stereocenters. The Morgan fingerprint density at radius 1 is 1.46 bits per heavy atom. The van der Waals surface area contributed by atoms with Crippen LogP contribution in [0.1, 0.15) is 27.2 Å². The predicted molar refractivity (Wildman–Crippen MR) is 53.7 cm³/mol. The van der Waals surface area contributed by atoms with Gasteiger partial charge in [-0.05, 0) is 34.2 Å². The van der Waals surface area contributed by atoms with Gasteiger partial charge in [0.2, 0.25) is 0 Å². The van der Waals surface area contributed by atoms with Crippen LogP contribution in [0.5, 0.6) is 0 Å². The number of nitrogens with zero attached hydrogens (tertiary/aromatic N) is 1. The maximum absolute atomic E-state index is 12.8. The molecule has 13 heavy (non-hydrogen) atoms. The van der Waals surface area contributed by atoms with Crippen LogP contribution in [0.15, 0.2) is 0 Å². The molecule has 1 rings (SSSR count). The molecule has 0 aromatic heterocycles. The van der Waals surface area contributed by atoms with E-state index < -0.39 is 6.17 Å². The van der Waals surface area contributed by atoms with Crippen LogP contribution in [0.3, 0.4) is 0 Å². The summed E-state index contributed by atoms with van der Waals surface area (Å²) in [5.74, 6) is 0. The molecule has 1 aliphatic heterocycles. The Balaban J connectivity index is 2.33. The number of nitrogens with one attached hydrogen (secondary N) is 1. The van der Waals surface area contributed by atoms with Gasteiger partial charge in [0.15, 0.2) is 0 Å². The number of hydrogen-bond donors (Lipinski definition) is 1. The highest BCUT2D eigenvalue weighted by Gasteiger charge is 2.27. The third-order valence-electron chi connectivity index (χ3n) is 2.81. The molecule has 0 spiro atoms. The zero-order valence-corrected chi connectivity index (χ0v) is 9.10. The molecule has 1 aliphatic rings. The van der Waals surface area contributed by atoms with Gasteiger partial charge in [0, 0.05) is 24.7 Å². The summed E-state index contributed by atoms with van der Waals surface area (Å²) in [6.45, 7) is 7.99. The normalized spacial score (nSPS) is 30.0. The van der Waals surface area contributed by atoms with Gasteiger partial charge in [0.05, 0.1) is 0 Å². The molecule has 78 valence electrons. The van der Waals surface area contributed by atoms with Crippen molar-refractivity contribution < 1.29 is 4.39 Å². The molecule has 1 N–H and O–H groups in total. The van der Waals surface area contributed by atoms with Crippen molar-refractivity contribution >= 4 is 0 Å². The third-order valence-corrected chi connectivity index (χ3v) is 2.81. The van der Waals surface area contributed by atoms with Crippen LogP contribution in [0.4, 0.5) is 4.39 Å². The number of likely N-dealkylation sites (N-methyl/N-ethyl adjacent to an activating group) is 1. The van der Waals surface area contributed by atoms with E-state index in [-0.39, 0.29) is 5.54 Å². The summed E-state index contributed by atoms with van der Waals surface area (Å²) in [4.78, 5) is 2.27. The smallest absolute Gasteiger partial charge is 0.114 e. The zero-order valence-electron chi connectivity index (χ0n) is 9.10. The Morgan fingerprint density at radius 3 is 2.46 bits per heavy atom. The fourth-order valence-electron chi connectivity index (χ4n) is 1.51. The van der Waals surface area contributed by atoms with E-state index in [0.29, 0.717) is 19.0 Å². The molecule has 2 nitrogen and oxygen atoms in total. The largest absolute Gasteiger partial charge is 0.310 e. The molecule has 0 aromatic rings. The fraction of sp³-hybridized carbons (Fsp3) is 1.00. The average Bonchev–Trinajstić information content (AvgIpc) is 2.33. The van der Waals surface area contributed by atoms with Gasteiger partial charge in [0.1, 0.15) is 6.17 Å². The molecule has 2 atom stereocenters. The summed E-state index contributed by atoms with van der Waals surface area (Å²) < 4.78 is 12.8. The van der Waals surface area contributed by atoms with Crippen LogP contribution in [-0.4, -0.2) is 42.8 Å². The number of alkyl halides is 1. The number of rotatable bonds is 2. The van der Waals surface area contributed by atoms with Crippen molar-refractivity contribution in [2.45, 2.75) is 44.9 Å². The van der Waals surface area contributed by atoms with E-state index in [1.54, 1.807) is 0 Å². The standard InChI is InChI=1S/C10H21FN2/c1-10(2,3)13(4)7-9-5-8(11)6-12-9/h8-9,12H,5-7H2,1-4H3. The highest BCUT2D eigenvalue weighted by molar-refractivity contribution is 4.86. The monoisotopic (exact) mass is 188 g/mol. The summed E-state index contributed by atoms with van der Waals surface area (Å²) in [6, 6.07) is 0.333. The van der Waals surface area contributed by atoms with Crippen LogP contribution in [-0.2, 0) is 0 Å². The molecule has 1 fully saturated rings. The van der Waals surface area contributed by atoms with Gasteiger partial charge < -0.3 is 5.32 Å². The Kier molecular flexibility index (Phi) is 3.30. The molecular formula is C10H21FN2. The summed E-state index contributed by atoms with van der Waals surface area (Å²) in [5, 5.41) is 3.19. The van der Waals surface area contributed by atoms with E-state index in [4.69, 9.17) is 0 Å². The van der Waals surface area contributed by atoms with E-state index in [0.717, 1.165) is 6.54 Å².